The van der Waals surface area contributed by atoms with Crippen LogP contribution in [0.1, 0.15) is 21.5 Å². The molecule has 4 aromatic rings. The summed E-state index contributed by atoms with van der Waals surface area (Å²) in [6, 6.07) is 22.1. The fraction of sp³-hybridized carbons (Fsp3) is 0.0800. The lowest BCUT2D eigenvalue weighted by Gasteiger charge is -2.07. The zero-order chi connectivity index (χ0) is 21.3. The SMILES string of the molecule is Cn1c(-c2ccccc2)c(/C=C/C(=O)c2cccc(C(F)(F)F)c2)c2ccccc21. The van der Waals surface area contributed by atoms with Crippen LogP contribution in [0.5, 0.6) is 0 Å². The van der Waals surface area contributed by atoms with E-state index in [9.17, 15) is 18.0 Å². The second kappa shape index (κ2) is 7.67. The first-order valence-electron chi connectivity index (χ1n) is 9.39. The smallest absolute Gasteiger partial charge is 0.343 e. The molecule has 0 atom stereocenters. The van der Waals surface area contributed by atoms with Crippen molar-refractivity contribution in [1.29, 1.82) is 0 Å². The third kappa shape index (κ3) is 3.66. The van der Waals surface area contributed by atoms with Gasteiger partial charge in [0.25, 0.3) is 0 Å². The Bertz CT molecular complexity index is 1250. The molecule has 0 spiro atoms. The average molecular weight is 405 g/mol. The first-order valence-corrected chi connectivity index (χ1v) is 9.39. The number of aryl methyl sites for hydroxylation is 1. The summed E-state index contributed by atoms with van der Waals surface area (Å²) in [6.45, 7) is 0. The quantitative estimate of drug-likeness (QED) is 0.272. The monoisotopic (exact) mass is 405 g/mol. The number of carbonyl (C=O) groups excluding carboxylic acids is 1. The molecule has 0 fully saturated rings. The number of benzene rings is 3. The lowest BCUT2D eigenvalue weighted by Crippen LogP contribution is -2.06. The summed E-state index contributed by atoms with van der Waals surface area (Å²) in [7, 11) is 1.95. The van der Waals surface area contributed by atoms with Crippen molar-refractivity contribution in [3.05, 3.63) is 102 Å². The molecule has 0 saturated heterocycles. The maximum absolute atomic E-state index is 13.0. The number of rotatable bonds is 4. The first-order chi connectivity index (χ1) is 14.4. The first kappa shape index (κ1) is 19.7. The Hall–Kier alpha value is -3.60. The molecule has 3 aromatic carbocycles. The van der Waals surface area contributed by atoms with Crippen LogP contribution in [0.4, 0.5) is 13.2 Å². The molecule has 0 aliphatic rings. The molecule has 5 heteroatoms. The van der Waals surface area contributed by atoms with Gasteiger partial charge in [-0.1, -0.05) is 60.7 Å². The molecule has 150 valence electrons. The van der Waals surface area contributed by atoms with E-state index in [0.29, 0.717) is 0 Å². The van der Waals surface area contributed by atoms with Crippen LogP contribution in [-0.4, -0.2) is 10.4 Å². The largest absolute Gasteiger partial charge is 0.416 e. The number of hydrogen-bond acceptors (Lipinski definition) is 1. The summed E-state index contributed by atoms with van der Waals surface area (Å²) in [4.78, 5) is 12.6. The fourth-order valence-electron chi connectivity index (χ4n) is 3.64. The predicted octanol–water partition coefficient (Wildman–Crippen LogP) is 6.76. The zero-order valence-electron chi connectivity index (χ0n) is 16.1. The van der Waals surface area contributed by atoms with E-state index in [2.05, 4.69) is 4.57 Å². The number of carbonyl (C=O) groups is 1. The lowest BCUT2D eigenvalue weighted by atomic mass is 10.0. The van der Waals surface area contributed by atoms with Gasteiger partial charge in [-0.25, -0.2) is 0 Å². The van der Waals surface area contributed by atoms with E-state index in [1.165, 1.54) is 18.2 Å². The van der Waals surface area contributed by atoms with Crippen molar-refractivity contribution >= 4 is 22.8 Å². The fourth-order valence-corrected chi connectivity index (χ4v) is 3.64. The summed E-state index contributed by atoms with van der Waals surface area (Å²) >= 11 is 0. The number of alkyl halides is 3. The van der Waals surface area contributed by atoms with Crippen molar-refractivity contribution in [3.8, 4) is 11.3 Å². The number of ketones is 1. The van der Waals surface area contributed by atoms with Gasteiger partial charge in [0.05, 0.1) is 11.3 Å². The highest BCUT2D eigenvalue weighted by molar-refractivity contribution is 6.09. The number of nitrogens with zero attached hydrogens (tertiary/aromatic N) is 1. The third-order valence-corrected chi connectivity index (χ3v) is 5.07. The minimum atomic E-state index is -4.49. The molecule has 0 radical (unpaired) electrons. The number of aromatic nitrogens is 1. The molecule has 0 N–H and O–H groups in total. The summed E-state index contributed by atoms with van der Waals surface area (Å²) in [6.07, 6.45) is -1.47. The molecule has 2 nitrogen and oxygen atoms in total. The maximum Gasteiger partial charge on any atom is 0.416 e. The van der Waals surface area contributed by atoms with Crippen LogP contribution in [0.3, 0.4) is 0 Å². The van der Waals surface area contributed by atoms with E-state index in [4.69, 9.17) is 0 Å². The molecule has 0 bridgehead atoms. The van der Waals surface area contributed by atoms with Crippen molar-refractivity contribution in [2.24, 2.45) is 7.05 Å². The number of allylic oxidation sites excluding steroid dienone is 1. The van der Waals surface area contributed by atoms with Crippen LogP contribution in [0.2, 0.25) is 0 Å². The number of halogens is 3. The molecular formula is C25H18F3NO. The maximum atomic E-state index is 13.0. The molecule has 1 aromatic heterocycles. The van der Waals surface area contributed by atoms with Crippen molar-refractivity contribution in [3.63, 3.8) is 0 Å². The van der Waals surface area contributed by atoms with Crippen LogP contribution in [0.15, 0.2) is 84.9 Å². The number of hydrogen-bond donors (Lipinski definition) is 0. The Labute approximate surface area is 171 Å². The molecule has 0 amide bonds. The summed E-state index contributed by atoms with van der Waals surface area (Å²) in [5.74, 6) is -0.479. The highest BCUT2D eigenvalue weighted by Gasteiger charge is 2.30. The van der Waals surface area contributed by atoms with Crippen molar-refractivity contribution in [1.82, 2.24) is 4.57 Å². The summed E-state index contributed by atoms with van der Waals surface area (Å²) < 4.78 is 41.0. The van der Waals surface area contributed by atoms with E-state index in [1.807, 2.05) is 61.6 Å². The summed E-state index contributed by atoms with van der Waals surface area (Å²) in [5.41, 5.74) is 2.94. The molecule has 1 heterocycles. The van der Waals surface area contributed by atoms with Crippen LogP contribution in [-0.2, 0) is 13.2 Å². The van der Waals surface area contributed by atoms with Crippen molar-refractivity contribution in [2.75, 3.05) is 0 Å². The highest BCUT2D eigenvalue weighted by atomic mass is 19.4. The van der Waals surface area contributed by atoms with Gasteiger partial charge in [-0.15, -0.1) is 0 Å². The van der Waals surface area contributed by atoms with Crippen LogP contribution in [0, 0.1) is 0 Å². The van der Waals surface area contributed by atoms with Crippen molar-refractivity contribution in [2.45, 2.75) is 6.18 Å². The van der Waals surface area contributed by atoms with Gasteiger partial charge < -0.3 is 4.57 Å². The van der Waals surface area contributed by atoms with E-state index in [1.54, 1.807) is 6.08 Å². The molecular weight excluding hydrogens is 387 g/mol. The zero-order valence-corrected chi connectivity index (χ0v) is 16.1. The topological polar surface area (TPSA) is 22.0 Å². The van der Waals surface area contributed by atoms with Gasteiger partial charge in [0.1, 0.15) is 0 Å². The van der Waals surface area contributed by atoms with Gasteiger partial charge in [-0.05, 0) is 35.9 Å². The number of para-hydroxylation sites is 1. The minimum absolute atomic E-state index is 0.00238. The van der Waals surface area contributed by atoms with Gasteiger partial charge in [0, 0.05) is 29.1 Å². The van der Waals surface area contributed by atoms with Gasteiger partial charge in [0.15, 0.2) is 5.78 Å². The molecule has 30 heavy (non-hydrogen) atoms. The Morgan fingerprint density at radius 2 is 1.60 bits per heavy atom. The van der Waals surface area contributed by atoms with E-state index >= 15 is 0 Å². The van der Waals surface area contributed by atoms with Gasteiger partial charge in [-0.2, -0.15) is 13.2 Å². The lowest BCUT2D eigenvalue weighted by molar-refractivity contribution is -0.137. The van der Waals surface area contributed by atoms with Gasteiger partial charge in [0.2, 0.25) is 0 Å². The van der Waals surface area contributed by atoms with Crippen LogP contribution < -0.4 is 0 Å². The standard InChI is InChI=1S/C25H18F3NO/c1-29-22-13-6-5-12-20(22)21(24(29)17-8-3-2-4-9-17)14-15-23(30)18-10-7-11-19(16-18)25(26,27)28/h2-16H,1H3/b15-14+. The Morgan fingerprint density at radius 1 is 0.900 bits per heavy atom. The Kier molecular flexibility index (Phi) is 5.04. The predicted molar refractivity (Wildman–Crippen MR) is 113 cm³/mol. The molecule has 0 aliphatic heterocycles. The van der Waals surface area contributed by atoms with E-state index in [0.717, 1.165) is 39.9 Å². The molecule has 0 saturated carbocycles. The second-order valence-corrected chi connectivity index (χ2v) is 6.98. The average Bonchev–Trinajstić information content (AvgIpc) is 3.04. The number of fused-ring (bicyclic) bond motifs is 1. The third-order valence-electron chi connectivity index (χ3n) is 5.07. The highest BCUT2D eigenvalue weighted by Crippen LogP contribution is 2.34. The van der Waals surface area contributed by atoms with Crippen molar-refractivity contribution < 1.29 is 18.0 Å². The Balaban J connectivity index is 1.79. The minimum Gasteiger partial charge on any atom is -0.343 e. The van der Waals surface area contributed by atoms with Crippen LogP contribution in [0.25, 0.3) is 28.2 Å². The summed E-state index contributed by atoms with van der Waals surface area (Å²) in [5, 5.41) is 0.965. The second-order valence-electron chi connectivity index (χ2n) is 6.98. The normalized spacial score (nSPS) is 12.0. The molecule has 0 aliphatic carbocycles. The van der Waals surface area contributed by atoms with E-state index < -0.39 is 17.5 Å². The van der Waals surface area contributed by atoms with Gasteiger partial charge >= 0.3 is 6.18 Å². The molecule has 0 unspecified atom stereocenters. The molecule has 4 rings (SSSR count). The van der Waals surface area contributed by atoms with Gasteiger partial charge in [-0.3, -0.25) is 4.79 Å². The van der Waals surface area contributed by atoms with Crippen LogP contribution >= 0.6 is 0 Å². The Morgan fingerprint density at radius 3 is 2.33 bits per heavy atom. The van der Waals surface area contributed by atoms with E-state index in [-0.39, 0.29) is 5.56 Å².